The van der Waals surface area contributed by atoms with Crippen molar-refractivity contribution in [2.75, 3.05) is 29.7 Å². The highest BCUT2D eigenvalue weighted by molar-refractivity contribution is 7.94. The Bertz CT molecular complexity index is 1370. The first-order valence-corrected chi connectivity index (χ1v) is 13.7. The Morgan fingerprint density at radius 3 is 2.48 bits per heavy atom. The van der Waals surface area contributed by atoms with Crippen LogP contribution in [0, 0.1) is 6.92 Å². The summed E-state index contributed by atoms with van der Waals surface area (Å²) >= 11 is 3.94. The second-order valence-electron chi connectivity index (χ2n) is 7.21. The van der Waals surface area contributed by atoms with Crippen molar-refractivity contribution in [1.29, 1.82) is 0 Å². The molecule has 31 heavy (non-hydrogen) atoms. The number of thiophene rings is 1. The van der Waals surface area contributed by atoms with Gasteiger partial charge in [-0.1, -0.05) is 28.7 Å². The largest absolute Gasteiger partial charge is 0.352 e. The number of carbonyl (C=O) groups excluding carboxylic acids is 1. The Balaban J connectivity index is 1.39. The standard InChI is InChI=1S/C19H19N5O3S4/c1-11-16-12(29-18(21-16)20-10-14(25)24-6-2-3-7-24)9-13-17(11)22-19(30-13)23-31(26,27)15-5-4-8-28-15/h4-5,8-9H,2-3,6-7,10H2,1H3,(H,20,21)(H,22,23). The zero-order valence-electron chi connectivity index (χ0n) is 16.5. The number of rotatable bonds is 6. The Labute approximate surface area is 191 Å². The van der Waals surface area contributed by atoms with E-state index < -0.39 is 10.0 Å². The van der Waals surface area contributed by atoms with Crippen LogP contribution in [0.4, 0.5) is 10.3 Å². The number of aryl methyl sites for hydroxylation is 1. The minimum absolute atomic E-state index is 0.0961. The van der Waals surface area contributed by atoms with Crippen molar-refractivity contribution in [3.05, 3.63) is 29.1 Å². The molecule has 1 fully saturated rings. The van der Waals surface area contributed by atoms with Gasteiger partial charge < -0.3 is 10.2 Å². The third-order valence-corrected chi connectivity index (χ3v) is 9.85. The Morgan fingerprint density at radius 1 is 1.13 bits per heavy atom. The molecule has 0 saturated carbocycles. The quantitative estimate of drug-likeness (QED) is 0.419. The smallest absolute Gasteiger partial charge is 0.273 e. The molecule has 0 radical (unpaired) electrons. The van der Waals surface area contributed by atoms with Gasteiger partial charge >= 0.3 is 0 Å². The van der Waals surface area contributed by atoms with Gasteiger partial charge in [0, 0.05) is 18.7 Å². The summed E-state index contributed by atoms with van der Waals surface area (Å²) in [6, 6.07) is 5.24. The highest BCUT2D eigenvalue weighted by atomic mass is 32.2. The minimum Gasteiger partial charge on any atom is -0.352 e. The van der Waals surface area contributed by atoms with Crippen LogP contribution in [0.25, 0.3) is 20.4 Å². The van der Waals surface area contributed by atoms with E-state index in [9.17, 15) is 13.2 Å². The van der Waals surface area contributed by atoms with E-state index in [-0.39, 0.29) is 16.7 Å². The normalized spacial score (nSPS) is 14.5. The molecule has 162 valence electrons. The molecule has 1 saturated heterocycles. The molecule has 4 aromatic rings. The molecule has 5 rings (SSSR count). The van der Waals surface area contributed by atoms with Crippen molar-refractivity contribution in [2.45, 2.75) is 24.0 Å². The van der Waals surface area contributed by atoms with E-state index in [1.165, 1.54) is 22.7 Å². The molecule has 1 aliphatic rings. The number of nitrogens with one attached hydrogen (secondary N) is 2. The van der Waals surface area contributed by atoms with Crippen LogP contribution in [0.15, 0.2) is 27.8 Å². The van der Waals surface area contributed by atoms with Crippen LogP contribution in [0.5, 0.6) is 0 Å². The summed E-state index contributed by atoms with van der Waals surface area (Å²) in [5.41, 5.74) is 2.43. The van der Waals surface area contributed by atoms with Gasteiger partial charge in [0.2, 0.25) is 5.91 Å². The molecule has 2 N–H and O–H groups in total. The molecule has 0 atom stereocenters. The molecule has 12 heteroatoms. The molecular weight excluding hydrogens is 475 g/mol. The Kier molecular flexibility index (Phi) is 5.32. The number of nitrogens with zero attached hydrogens (tertiary/aromatic N) is 3. The number of hydrogen-bond donors (Lipinski definition) is 2. The van der Waals surface area contributed by atoms with Crippen LogP contribution < -0.4 is 10.0 Å². The number of carbonyl (C=O) groups is 1. The van der Waals surface area contributed by atoms with E-state index in [2.05, 4.69) is 20.0 Å². The number of sulfonamides is 1. The molecule has 1 amide bonds. The highest BCUT2D eigenvalue weighted by Gasteiger charge is 2.21. The fraction of sp³-hybridized carbons (Fsp3) is 0.316. The van der Waals surface area contributed by atoms with Crippen molar-refractivity contribution < 1.29 is 13.2 Å². The maximum absolute atomic E-state index is 12.5. The molecule has 1 aromatic carbocycles. The number of fused-ring (bicyclic) bond motifs is 2. The lowest BCUT2D eigenvalue weighted by molar-refractivity contribution is -0.128. The van der Waals surface area contributed by atoms with Crippen LogP contribution in [0.1, 0.15) is 18.4 Å². The van der Waals surface area contributed by atoms with Crippen LogP contribution in [-0.4, -0.2) is 48.8 Å². The third kappa shape index (κ3) is 4.00. The van der Waals surface area contributed by atoms with Crippen molar-refractivity contribution >= 4 is 80.6 Å². The molecule has 0 spiro atoms. The first kappa shape index (κ1) is 20.6. The van der Waals surface area contributed by atoms with Gasteiger partial charge in [-0.3, -0.25) is 9.52 Å². The first-order chi connectivity index (χ1) is 14.9. The van der Waals surface area contributed by atoms with Crippen LogP contribution in [0.2, 0.25) is 0 Å². The summed E-state index contributed by atoms with van der Waals surface area (Å²) in [6.45, 7) is 3.83. The van der Waals surface area contributed by atoms with Gasteiger partial charge in [-0.05, 0) is 37.3 Å². The zero-order valence-corrected chi connectivity index (χ0v) is 19.8. The molecule has 1 aliphatic heterocycles. The predicted octanol–water partition coefficient (Wildman–Crippen LogP) is 4.11. The van der Waals surface area contributed by atoms with Crippen molar-refractivity contribution in [3.63, 3.8) is 0 Å². The van der Waals surface area contributed by atoms with E-state index in [0.717, 1.165) is 63.3 Å². The summed E-state index contributed by atoms with van der Waals surface area (Å²) in [4.78, 5) is 23.3. The fourth-order valence-corrected chi connectivity index (χ4v) is 7.79. The summed E-state index contributed by atoms with van der Waals surface area (Å²) in [6.07, 6.45) is 2.14. The van der Waals surface area contributed by atoms with E-state index in [1.807, 2.05) is 17.9 Å². The third-order valence-electron chi connectivity index (χ3n) is 5.11. The predicted molar refractivity (Wildman–Crippen MR) is 127 cm³/mol. The second kappa shape index (κ2) is 8.01. The molecule has 0 bridgehead atoms. The Hall–Kier alpha value is -2.28. The lowest BCUT2D eigenvalue weighted by atomic mass is 10.2. The summed E-state index contributed by atoms with van der Waals surface area (Å²) in [5, 5.41) is 5.90. The lowest BCUT2D eigenvalue weighted by Crippen LogP contribution is -2.32. The van der Waals surface area contributed by atoms with Crippen molar-refractivity contribution in [1.82, 2.24) is 14.9 Å². The molecule has 0 unspecified atom stereocenters. The molecule has 8 nitrogen and oxygen atoms in total. The van der Waals surface area contributed by atoms with E-state index >= 15 is 0 Å². The van der Waals surface area contributed by atoms with Gasteiger partial charge in [0.05, 0.1) is 27.0 Å². The van der Waals surface area contributed by atoms with Crippen molar-refractivity contribution in [2.24, 2.45) is 0 Å². The van der Waals surface area contributed by atoms with E-state index in [0.29, 0.717) is 10.3 Å². The van der Waals surface area contributed by atoms with Gasteiger partial charge in [0.25, 0.3) is 10.0 Å². The molecular formula is C19H19N5O3S4. The topological polar surface area (TPSA) is 104 Å². The van der Waals surface area contributed by atoms with Gasteiger partial charge in [-0.2, -0.15) is 0 Å². The maximum Gasteiger partial charge on any atom is 0.273 e. The highest BCUT2D eigenvalue weighted by Crippen LogP contribution is 2.37. The summed E-state index contributed by atoms with van der Waals surface area (Å²) < 4.78 is 29.7. The van der Waals surface area contributed by atoms with E-state index in [4.69, 9.17) is 0 Å². The number of aromatic nitrogens is 2. The number of benzene rings is 1. The van der Waals surface area contributed by atoms with Gasteiger partial charge in [-0.15, -0.1) is 11.3 Å². The van der Waals surface area contributed by atoms with E-state index in [1.54, 1.807) is 17.5 Å². The van der Waals surface area contributed by atoms with Gasteiger partial charge in [-0.25, -0.2) is 18.4 Å². The average Bonchev–Trinajstić information content (AvgIpc) is 3.52. The first-order valence-electron chi connectivity index (χ1n) is 9.69. The number of amides is 1. The van der Waals surface area contributed by atoms with Crippen molar-refractivity contribution in [3.8, 4) is 0 Å². The van der Waals surface area contributed by atoms with Crippen LogP contribution >= 0.6 is 34.0 Å². The minimum atomic E-state index is -3.64. The summed E-state index contributed by atoms with van der Waals surface area (Å²) in [5.74, 6) is 0.0961. The SMILES string of the molecule is Cc1c2nc(NCC(=O)N3CCCC3)sc2cc2sc(NS(=O)(=O)c3cccs3)nc12. The van der Waals surface area contributed by atoms with Crippen LogP contribution in [-0.2, 0) is 14.8 Å². The average molecular weight is 494 g/mol. The van der Waals surface area contributed by atoms with Gasteiger partial charge in [0.1, 0.15) is 4.21 Å². The molecule has 3 aromatic heterocycles. The second-order valence-corrected chi connectivity index (χ2v) is 12.1. The number of anilines is 2. The monoisotopic (exact) mass is 493 g/mol. The molecule has 4 heterocycles. The maximum atomic E-state index is 12.5. The molecule has 0 aliphatic carbocycles. The number of hydrogen-bond acceptors (Lipinski definition) is 9. The van der Waals surface area contributed by atoms with Crippen LogP contribution in [0.3, 0.4) is 0 Å². The number of thiazole rings is 2. The zero-order chi connectivity index (χ0) is 21.6. The van der Waals surface area contributed by atoms with Gasteiger partial charge in [0.15, 0.2) is 10.3 Å². The number of likely N-dealkylation sites (tertiary alicyclic amines) is 1. The fourth-order valence-electron chi connectivity index (χ4n) is 3.56. The Morgan fingerprint density at radius 2 is 1.81 bits per heavy atom. The lowest BCUT2D eigenvalue weighted by Gasteiger charge is -2.14. The summed E-state index contributed by atoms with van der Waals surface area (Å²) in [7, 11) is -3.64.